The molecule has 0 spiro atoms. The van der Waals surface area contributed by atoms with Gasteiger partial charge in [-0.3, -0.25) is 9.59 Å². The van der Waals surface area contributed by atoms with Crippen molar-refractivity contribution in [2.75, 3.05) is 11.1 Å². The van der Waals surface area contributed by atoms with Crippen LogP contribution >= 0.6 is 0 Å². The van der Waals surface area contributed by atoms with E-state index in [2.05, 4.69) is 5.32 Å². The molecule has 2 aromatic rings. The van der Waals surface area contributed by atoms with E-state index in [1.807, 2.05) is 48.5 Å². The van der Waals surface area contributed by atoms with Gasteiger partial charge in [-0.25, -0.2) is 0 Å². The molecule has 5 heteroatoms. The maximum Gasteiger partial charge on any atom is 0.303 e. The zero-order chi connectivity index (χ0) is 15.9. The molecule has 2 aromatic carbocycles. The highest BCUT2D eigenvalue weighted by molar-refractivity contribution is 5.91. The molecule has 4 N–H and O–H groups in total. The smallest absolute Gasteiger partial charge is 0.303 e. The summed E-state index contributed by atoms with van der Waals surface area (Å²) in [6.07, 6.45) is 0.542. The van der Waals surface area contributed by atoms with Gasteiger partial charge in [0, 0.05) is 24.2 Å². The number of carboxylic acid groups (broad SMARTS) is 1. The second-order valence-electron chi connectivity index (χ2n) is 4.99. The van der Waals surface area contributed by atoms with Gasteiger partial charge in [-0.15, -0.1) is 0 Å². The second-order valence-corrected chi connectivity index (χ2v) is 4.99. The molecule has 0 saturated carbocycles. The molecule has 0 fully saturated rings. The quantitative estimate of drug-likeness (QED) is 0.714. The van der Waals surface area contributed by atoms with Crippen LogP contribution in [0.2, 0.25) is 0 Å². The SMILES string of the molecule is Nc1ccc(-c2ccc(NC(=O)CCCC(=O)O)cc2)cc1. The van der Waals surface area contributed by atoms with E-state index >= 15 is 0 Å². The van der Waals surface area contributed by atoms with E-state index in [9.17, 15) is 9.59 Å². The van der Waals surface area contributed by atoms with Gasteiger partial charge in [-0.1, -0.05) is 24.3 Å². The molecular formula is C17H18N2O3. The number of nitrogens with two attached hydrogens (primary N) is 1. The average Bonchev–Trinajstić information content (AvgIpc) is 2.48. The highest BCUT2D eigenvalue weighted by Crippen LogP contribution is 2.22. The van der Waals surface area contributed by atoms with Crippen molar-refractivity contribution < 1.29 is 14.7 Å². The van der Waals surface area contributed by atoms with Crippen molar-refractivity contribution in [3.05, 3.63) is 48.5 Å². The predicted molar refractivity (Wildman–Crippen MR) is 86.4 cm³/mol. The number of hydrogen-bond acceptors (Lipinski definition) is 3. The molecule has 0 aliphatic rings. The molecule has 0 atom stereocenters. The fourth-order valence-corrected chi connectivity index (χ4v) is 2.05. The lowest BCUT2D eigenvalue weighted by Crippen LogP contribution is -2.11. The highest BCUT2D eigenvalue weighted by Gasteiger charge is 2.05. The Balaban J connectivity index is 1.93. The Morgan fingerprint density at radius 3 is 2.00 bits per heavy atom. The topological polar surface area (TPSA) is 92.4 Å². The number of nitrogens with one attached hydrogen (secondary N) is 1. The Morgan fingerprint density at radius 2 is 1.45 bits per heavy atom. The van der Waals surface area contributed by atoms with Crippen LogP contribution in [0.4, 0.5) is 11.4 Å². The van der Waals surface area contributed by atoms with Gasteiger partial charge in [0.2, 0.25) is 5.91 Å². The van der Waals surface area contributed by atoms with Crippen molar-refractivity contribution in [1.82, 2.24) is 0 Å². The monoisotopic (exact) mass is 298 g/mol. The van der Waals surface area contributed by atoms with Crippen molar-refractivity contribution in [2.45, 2.75) is 19.3 Å². The second kappa shape index (κ2) is 7.26. The van der Waals surface area contributed by atoms with Crippen LogP contribution in [-0.2, 0) is 9.59 Å². The number of carbonyl (C=O) groups is 2. The van der Waals surface area contributed by atoms with Crippen LogP contribution in [0.25, 0.3) is 11.1 Å². The van der Waals surface area contributed by atoms with Crippen LogP contribution < -0.4 is 11.1 Å². The van der Waals surface area contributed by atoms with Crippen LogP contribution in [0.1, 0.15) is 19.3 Å². The van der Waals surface area contributed by atoms with Crippen molar-refractivity contribution in [2.24, 2.45) is 0 Å². The number of nitrogen functional groups attached to an aromatic ring is 1. The first-order chi connectivity index (χ1) is 10.5. The molecule has 0 bridgehead atoms. The Morgan fingerprint density at radius 1 is 0.909 bits per heavy atom. The largest absolute Gasteiger partial charge is 0.481 e. The van der Waals surface area contributed by atoms with Gasteiger partial charge in [-0.05, 0) is 41.8 Å². The highest BCUT2D eigenvalue weighted by atomic mass is 16.4. The minimum Gasteiger partial charge on any atom is -0.481 e. The van der Waals surface area contributed by atoms with Gasteiger partial charge in [0.05, 0.1) is 0 Å². The fraction of sp³-hybridized carbons (Fsp3) is 0.176. The molecule has 0 aromatic heterocycles. The lowest BCUT2D eigenvalue weighted by Gasteiger charge is -2.07. The first-order valence-corrected chi connectivity index (χ1v) is 7.02. The summed E-state index contributed by atoms with van der Waals surface area (Å²) >= 11 is 0. The van der Waals surface area contributed by atoms with Crippen LogP contribution in [0.15, 0.2) is 48.5 Å². The Hall–Kier alpha value is -2.82. The molecule has 0 unspecified atom stereocenters. The van der Waals surface area contributed by atoms with Crippen molar-refractivity contribution in [3.63, 3.8) is 0 Å². The summed E-state index contributed by atoms with van der Waals surface area (Å²) in [5.41, 5.74) is 9.15. The van der Waals surface area contributed by atoms with Crippen LogP contribution in [0.3, 0.4) is 0 Å². The minimum absolute atomic E-state index is 0.00347. The summed E-state index contributed by atoms with van der Waals surface area (Å²) in [6.45, 7) is 0. The van der Waals surface area contributed by atoms with Crippen LogP contribution in [0.5, 0.6) is 0 Å². The first-order valence-electron chi connectivity index (χ1n) is 7.02. The molecule has 22 heavy (non-hydrogen) atoms. The summed E-state index contributed by atoms with van der Waals surface area (Å²) in [4.78, 5) is 22.1. The standard InChI is InChI=1S/C17H18N2O3/c18-14-8-4-12(5-9-14)13-6-10-15(11-7-13)19-16(20)2-1-3-17(21)22/h4-11H,1-3,18H2,(H,19,20)(H,21,22). The molecule has 0 heterocycles. The van der Waals surface area contributed by atoms with E-state index in [4.69, 9.17) is 10.8 Å². The van der Waals surface area contributed by atoms with Gasteiger partial charge >= 0.3 is 5.97 Å². The molecule has 0 radical (unpaired) electrons. The van der Waals surface area contributed by atoms with Crippen molar-refractivity contribution >= 4 is 23.3 Å². The molecule has 0 aliphatic carbocycles. The average molecular weight is 298 g/mol. The Kier molecular flexibility index (Phi) is 5.14. The number of amides is 1. The zero-order valence-electron chi connectivity index (χ0n) is 12.1. The molecule has 5 nitrogen and oxygen atoms in total. The summed E-state index contributed by atoms with van der Waals surface area (Å²) in [5.74, 6) is -1.07. The van der Waals surface area contributed by atoms with Gasteiger partial charge in [0.15, 0.2) is 0 Å². The molecule has 1 amide bonds. The molecule has 0 saturated heterocycles. The molecule has 114 valence electrons. The maximum absolute atomic E-state index is 11.7. The minimum atomic E-state index is -0.888. The molecule has 0 aliphatic heterocycles. The first kappa shape index (κ1) is 15.6. The summed E-state index contributed by atoms with van der Waals surface area (Å²) < 4.78 is 0. The normalized spacial score (nSPS) is 10.2. The Labute approximate surface area is 128 Å². The number of carboxylic acids is 1. The summed E-state index contributed by atoms with van der Waals surface area (Å²) in [5, 5.41) is 11.3. The van der Waals surface area contributed by atoms with Gasteiger partial charge < -0.3 is 16.2 Å². The van der Waals surface area contributed by atoms with Gasteiger partial charge in [0.25, 0.3) is 0 Å². The van der Waals surface area contributed by atoms with E-state index in [1.54, 1.807) is 0 Å². The number of anilines is 2. The third kappa shape index (κ3) is 4.63. The van der Waals surface area contributed by atoms with Gasteiger partial charge in [0.1, 0.15) is 0 Å². The van der Waals surface area contributed by atoms with Crippen LogP contribution in [-0.4, -0.2) is 17.0 Å². The van der Waals surface area contributed by atoms with E-state index in [-0.39, 0.29) is 18.7 Å². The van der Waals surface area contributed by atoms with Gasteiger partial charge in [-0.2, -0.15) is 0 Å². The molecular weight excluding hydrogens is 280 g/mol. The molecule has 2 rings (SSSR count). The third-order valence-corrected chi connectivity index (χ3v) is 3.21. The lowest BCUT2D eigenvalue weighted by atomic mass is 10.1. The number of hydrogen-bond donors (Lipinski definition) is 3. The number of benzene rings is 2. The maximum atomic E-state index is 11.7. The number of aliphatic carboxylic acids is 1. The van der Waals surface area contributed by atoms with E-state index in [0.717, 1.165) is 11.1 Å². The fourth-order valence-electron chi connectivity index (χ4n) is 2.05. The third-order valence-electron chi connectivity index (χ3n) is 3.21. The number of rotatable bonds is 6. The van der Waals surface area contributed by atoms with Crippen LogP contribution in [0, 0.1) is 0 Å². The summed E-state index contributed by atoms with van der Waals surface area (Å²) in [7, 11) is 0. The van der Waals surface area contributed by atoms with E-state index in [1.165, 1.54) is 0 Å². The van der Waals surface area contributed by atoms with Crippen molar-refractivity contribution in [1.29, 1.82) is 0 Å². The lowest BCUT2D eigenvalue weighted by molar-refractivity contribution is -0.137. The van der Waals surface area contributed by atoms with E-state index in [0.29, 0.717) is 17.8 Å². The summed E-state index contributed by atoms with van der Waals surface area (Å²) in [6, 6.07) is 15.0. The predicted octanol–water partition coefficient (Wildman–Crippen LogP) is 3.13. The Bertz CT molecular complexity index is 649. The van der Waals surface area contributed by atoms with E-state index < -0.39 is 5.97 Å². The van der Waals surface area contributed by atoms with Crippen molar-refractivity contribution in [3.8, 4) is 11.1 Å². The number of carbonyl (C=O) groups excluding carboxylic acids is 1. The zero-order valence-corrected chi connectivity index (χ0v) is 12.1.